The first-order valence-corrected chi connectivity index (χ1v) is 7.79. The largest absolute Gasteiger partial charge is 0.462 e. The number of rotatable bonds is 5. The number of esters is 1. The molecule has 5 heteroatoms. The standard InChI is InChI=1S/C13H14BrClO2S/c1-4-10(13(16)17-5-2)12-11(8(3)15)9(6-14)7-18-12/h4,7H,3,5-6H2,1-2H3/b10-4+. The lowest BCUT2D eigenvalue weighted by molar-refractivity contribution is -0.136. The molecule has 0 amide bonds. The van der Waals surface area contributed by atoms with Gasteiger partial charge in [0.1, 0.15) is 0 Å². The van der Waals surface area contributed by atoms with Gasteiger partial charge in [-0.25, -0.2) is 4.79 Å². The summed E-state index contributed by atoms with van der Waals surface area (Å²) in [6.07, 6.45) is 1.74. The number of hydrogen-bond donors (Lipinski definition) is 0. The quantitative estimate of drug-likeness (QED) is 0.433. The maximum Gasteiger partial charge on any atom is 0.339 e. The first kappa shape index (κ1) is 15.5. The molecular weight excluding hydrogens is 336 g/mol. The van der Waals surface area contributed by atoms with Crippen molar-refractivity contribution in [2.45, 2.75) is 19.2 Å². The van der Waals surface area contributed by atoms with Gasteiger partial charge in [0.25, 0.3) is 0 Å². The summed E-state index contributed by atoms with van der Waals surface area (Å²) in [6.45, 7) is 7.70. The van der Waals surface area contributed by atoms with E-state index in [1.54, 1.807) is 19.9 Å². The molecule has 0 N–H and O–H groups in total. The van der Waals surface area contributed by atoms with Crippen molar-refractivity contribution >= 4 is 55.4 Å². The fraction of sp³-hybridized carbons (Fsp3) is 0.308. The maximum absolute atomic E-state index is 11.9. The maximum atomic E-state index is 11.9. The molecule has 98 valence electrons. The van der Waals surface area contributed by atoms with Crippen LogP contribution < -0.4 is 0 Å². The Morgan fingerprint density at radius 2 is 2.33 bits per heavy atom. The van der Waals surface area contributed by atoms with Gasteiger partial charge in [0.05, 0.1) is 17.1 Å². The Labute approximate surface area is 124 Å². The zero-order valence-electron chi connectivity index (χ0n) is 10.3. The van der Waals surface area contributed by atoms with Gasteiger partial charge in [-0.15, -0.1) is 11.3 Å². The van der Waals surface area contributed by atoms with Crippen molar-refractivity contribution in [3.05, 3.63) is 34.0 Å². The van der Waals surface area contributed by atoms with Crippen LogP contribution in [-0.2, 0) is 14.9 Å². The van der Waals surface area contributed by atoms with Crippen LogP contribution >= 0.6 is 38.9 Å². The van der Waals surface area contributed by atoms with E-state index < -0.39 is 0 Å². The Hall–Kier alpha value is -0.580. The van der Waals surface area contributed by atoms with Gasteiger partial charge in [-0.3, -0.25) is 0 Å². The van der Waals surface area contributed by atoms with Gasteiger partial charge in [-0.2, -0.15) is 0 Å². The van der Waals surface area contributed by atoms with E-state index in [1.807, 2.05) is 5.38 Å². The lowest BCUT2D eigenvalue weighted by atomic mass is 10.1. The van der Waals surface area contributed by atoms with Crippen LogP contribution in [0.2, 0.25) is 0 Å². The van der Waals surface area contributed by atoms with E-state index in [1.165, 1.54) is 11.3 Å². The molecule has 0 aromatic carbocycles. The molecule has 1 rings (SSSR count). The molecule has 0 unspecified atom stereocenters. The predicted octanol–water partition coefficient (Wildman–Crippen LogP) is 4.82. The molecule has 0 aliphatic carbocycles. The van der Waals surface area contributed by atoms with Crippen LogP contribution in [0.25, 0.3) is 10.6 Å². The summed E-state index contributed by atoms with van der Waals surface area (Å²) in [5, 5.41) is 3.07. The topological polar surface area (TPSA) is 26.3 Å². The Balaban J connectivity index is 3.27. The lowest BCUT2D eigenvalue weighted by Crippen LogP contribution is -2.06. The Kier molecular flexibility index (Phi) is 6.12. The second-order valence-electron chi connectivity index (χ2n) is 3.43. The van der Waals surface area contributed by atoms with Gasteiger partial charge in [0.2, 0.25) is 0 Å². The van der Waals surface area contributed by atoms with E-state index in [0.29, 0.717) is 22.5 Å². The van der Waals surface area contributed by atoms with E-state index >= 15 is 0 Å². The van der Waals surface area contributed by atoms with Crippen molar-refractivity contribution in [1.29, 1.82) is 0 Å². The zero-order chi connectivity index (χ0) is 13.7. The molecule has 1 aromatic heterocycles. The summed E-state index contributed by atoms with van der Waals surface area (Å²) in [5.74, 6) is -0.331. The van der Waals surface area contributed by atoms with Gasteiger partial charge >= 0.3 is 5.97 Å². The van der Waals surface area contributed by atoms with Crippen LogP contribution in [0.5, 0.6) is 0 Å². The second kappa shape index (κ2) is 7.12. The summed E-state index contributed by atoms with van der Waals surface area (Å²) in [5.41, 5.74) is 2.38. The molecule has 1 heterocycles. The van der Waals surface area contributed by atoms with E-state index in [0.717, 1.165) is 16.0 Å². The molecule has 0 saturated carbocycles. The molecule has 0 saturated heterocycles. The first-order valence-electron chi connectivity index (χ1n) is 5.41. The molecule has 1 aromatic rings. The number of hydrogen-bond acceptors (Lipinski definition) is 3. The van der Waals surface area contributed by atoms with Crippen molar-refractivity contribution in [3.63, 3.8) is 0 Å². The summed E-state index contributed by atoms with van der Waals surface area (Å²) >= 11 is 10.9. The predicted molar refractivity (Wildman–Crippen MR) is 82.1 cm³/mol. The lowest BCUT2D eigenvalue weighted by Gasteiger charge is -2.08. The molecule has 0 spiro atoms. The number of carbonyl (C=O) groups excluding carboxylic acids is 1. The molecule has 0 atom stereocenters. The highest BCUT2D eigenvalue weighted by molar-refractivity contribution is 9.08. The minimum Gasteiger partial charge on any atom is -0.462 e. The van der Waals surface area contributed by atoms with Gasteiger partial charge in [0, 0.05) is 15.9 Å². The molecular formula is C13H14BrClO2S. The molecule has 0 bridgehead atoms. The average molecular weight is 350 g/mol. The fourth-order valence-electron chi connectivity index (χ4n) is 1.54. The number of thiophene rings is 1. The molecule has 0 radical (unpaired) electrons. The van der Waals surface area contributed by atoms with Crippen molar-refractivity contribution in [2.75, 3.05) is 6.61 Å². The summed E-state index contributed by atoms with van der Waals surface area (Å²) in [6, 6.07) is 0. The summed E-state index contributed by atoms with van der Waals surface area (Å²) in [7, 11) is 0. The van der Waals surface area contributed by atoms with Crippen LogP contribution in [0.15, 0.2) is 18.0 Å². The Morgan fingerprint density at radius 1 is 1.67 bits per heavy atom. The van der Waals surface area contributed by atoms with E-state index in [4.69, 9.17) is 16.3 Å². The van der Waals surface area contributed by atoms with Crippen molar-refractivity contribution in [1.82, 2.24) is 0 Å². The molecule has 0 aliphatic heterocycles. The number of allylic oxidation sites excluding steroid dienone is 1. The normalized spacial score (nSPS) is 11.4. The minimum atomic E-state index is -0.331. The molecule has 0 fully saturated rings. The van der Waals surface area contributed by atoms with Crippen molar-refractivity contribution in [3.8, 4) is 0 Å². The van der Waals surface area contributed by atoms with Crippen molar-refractivity contribution < 1.29 is 9.53 Å². The molecule has 0 aliphatic rings. The van der Waals surface area contributed by atoms with Gasteiger partial charge < -0.3 is 4.74 Å². The smallest absolute Gasteiger partial charge is 0.339 e. The zero-order valence-corrected chi connectivity index (χ0v) is 13.4. The number of halogens is 2. The highest BCUT2D eigenvalue weighted by atomic mass is 79.9. The van der Waals surface area contributed by atoms with E-state index in [-0.39, 0.29) is 5.97 Å². The third-order valence-electron chi connectivity index (χ3n) is 2.31. The van der Waals surface area contributed by atoms with Gasteiger partial charge in [-0.1, -0.05) is 40.2 Å². The van der Waals surface area contributed by atoms with Gasteiger partial charge in [-0.05, 0) is 24.8 Å². The average Bonchev–Trinajstić information content (AvgIpc) is 2.74. The SMILES string of the molecule is C=C(Cl)c1c(CBr)csc1/C(=C\C)C(=O)OCC. The summed E-state index contributed by atoms with van der Waals surface area (Å²) in [4.78, 5) is 12.7. The highest BCUT2D eigenvalue weighted by Crippen LogP contribution is 2.36. The van der Waals surface area contributed by atoms with Crippen LogP contribution in [-0.4, -0.2) is 12.6 Å². The number of alkyl halides is 1. The van der Waals surface area contributed by atoms with Crippen molar-refractivity contribution in [2.24, 2.45) is 0 Å². The third-order valence-corrected chi connectivity index (χ3v) is 4.17. The van der Waals surface area contributed by atoms with Crippen LogP contribution in [0.1, 0.15) is 29.9 Å². The monoisotopic (exact) mass is 348 g/mol. The highest BCUT2D eigenvalue weighted by Gasteiger charge is 2.21. The van der Waals surface area contributed by atoms with Crippen LogP contribution in [0, 0.1) is 0 Å². The molecule has 2 nitrogen and oxygen atoms in total. The Morgan fingerprint density at radius 3 is 2.78 bits per heavy atom. The van der Waals surface area contributed by atoms with Gasteiger partial charge in [0.15, 0.2) is 0 Å². The number of carbonyl (C=O) groups is 1. The number of ether oxygens (including phenoxy) is 1. The first-order chi connectivity index (χ1) is 8.56. The van der Waals surface area contributed by atoms with E-state index in [9.17, 15) is 4.79 Å². The Bertz CT molecular complexity index is 491. The second-order valence-corrected chi connectivity index (χ2v) is 5.32. The van der Waals surface area contributed by atoms with E-state index in [2.05, 4.69) is 22.5 Å². The van der Waals surface area contributed by atoms with Crippen LogP contribution in [0.3, 0.4) is 0 Å². The van der Waals surface area contributed by atoms with Crippen LogP contribution in [0.4, 0.5) is 0 Å². The third kappa shape index (κ3) is 3.25. The minimum absolute atomic E-state index is 0.331. The molecule has 18 heavy (non-hydrogen) atoms. The fourth-order valence-corrected chi connectivity index (χ4v) is 3.63. The summed E-state index contributed by atoms with van der Waals surface area (Å²) < 4.78 is 5.04.